The maximum Gasteiger partial charge on any atom is 0.322 e. The quantitative estimate of drug-likeness (QED) is 0.403. The fraction of sp³-hybridized carbons (Fsp3) is 0.286. The average Bonchev–Trinajstić information content (AvgIpc) is 2.33. The lowest BCUT2D eigenvalue weighted by Crippen LogP contribution is -2.04. The molecule has 1 aromatic heterocycles. The van der Waals surface area contributed by atoms with E-state index in [4.69, 9.17) is 5.73 Å². The number of nitro groups is 1. The molecule has 0 spiro atoms. The Hall–Kier alpha value is -2.15. The summed E-state index contributed by atoms with van der Waals surface area (Å²) in [5, 5.41) is 11.5. The normalized spacial score (nSPS) is 10.6. The van der Waals surface area contributed by atoms with E-state index in [0.29, 0.717) is 10.8 Å². The second-order valence-electron chi connectivity index (χ2n) is 4.86. The lowest BCUT2D eigenvalue weighted by atomic mass is 10.1. The number of aryl methyl sites for hydroxylation is 3. The van der Waals surface area contributed by atoms with Crippen LogP contribution < -0.4 is 5.73 Å². The van der Waals surface area contributed by atoms with E-state index in [0.717, 1.165) is 5.56 Å². The number of benzene rings is 1. The SMILES string of the molecule is Cc1cc(C)cc(CSc2nc(N)nc(C)c2[N+](=O)[O-])c1. The standard InChI is InChI=1S/C14H16N4O2S/c1-8-4-9(2)6-11(5-8)7-21-13-12(18(19)20)10(3)16-14(15)17-13/h4-6H,7H2,1-3H3,(H2,15,16,17). The highest BCUT2D eigenvalue weighted by Crippen LogP contribution is 2.32. The van der Waals surface area contributed by atoms with Crippen LogP contribution in [0.4, 0.5) is 11.6 Å². The Morgan fingerprint density at radius 2 is 1.81 bits per heavy atom. The zero-order valence-corrected chi connectivity index (χ0v) is 12.9. The maximum absolute atomic E-state index is 11.1. The first kappa shape index (κ1) is 15.2. The number of rotatable bonds is 4. The van der Waals surface area contributed by atoms with Crippen molar-refractivity contribution in [2.45, 2.75) is 31.6 Å². The molecule has 6 nitrogen and oxygen atoms in total. The van der Waals surface area contributed by atoms with Gasteiger partial charge in [0.2, 0.25) is 5.95 Å². The van der Waals surface area contributed by atoms with Crippen LogP contribution in [-0.4, -0.2) is 14.9 Å². The Morgan fingerprint density at radius 3 is 2.38 bits per heavy atom. The molecule has 2 rings (SSSR count). The van der Waals surface area contributed by atoms with Gasteiger partial charge < -0.3 is 5.73 Å². The third-order valence-corrected chi connectivity index (χ3v) is 3.92. The van der Waals surface area contributed by atoms with Crippen LogP contribution in [-0.2, 0) is 5.75 Å². The summed E-state index contributed by atoms with van der Waals surface area (Å²) >= 11 is 1.30. The number of nitrogens with two attached hydrogens (primary N) is 1. The number of nitrogens with zero attached hydrogens (tertiary/aromatic N) is 3. The Balaban J connectivity index is 2.29. The zero-order valence-electron chi connectivity index (χ0n) is 12.1. The largest absolute Gasteiger partial charge is 0.368 e. The van der Waals surface area contributed by atoms with E-state index in [-0.39, 0.29) is 17.3 Å². The van der Waals surface area contributed by atoms with Crippen LogP contribution in [0.25, 0.3) is 0 Å². The smallest absolute Gasteiger partial charge is 0.322 e. The van der Waals surface area contributed by atoms with E-state index < -0.39 is 4.92 Å². The molecule has 0 saturated carbocycles. The van der Waals surface area contributed by atoms with Crippen molar-refractivity contribution in [2.24, 2.45) is 0 Å². The van der Waals surface area contributed by atoms with Crippen molar-refractivity contribution in [1.29, 1.82) is 0 Å². The highest BCUT2D eigenvalue weighted by molar-refractivity contribution is 7.98. The molecule has 0 saturated heterocycles. The van der Waals surface area contributed by atoms with Gasteiger partial charge >= 0.3 is 5.69 Å². The number of nitrogen functional groups attached to an aromatic ring is 1. The number of hydrogen-bond acceptors (Lipinski definition) is 6. The van der Waals surface area contributed by atoms with Crippen molar-refractivity contribution in [1.82, 2.24) is 9.97 Å². The van der Waals surface area contributed by atoms with Crippen molar-refractivity contribution in [3.05, 3.63) is 50.7 Å². The van der Waals surface area contributed by atoms with Gasteiger partial charge in [-0.25, -0.2) is 4.98 Å². The Bertz CT molecular complexity index is 683. The van der Waals surface area contributed by atoms with E-state index >= 15 is 0 Å². The summed E-state index contributed by atoms with van der Waals surface area (Å²) in [4.78, 5) is 18.5. The van der Waals surface area contributed by atoms with Gasteiger partial charge in [-0.3, -0.25) is 10.1 Å². The van der Waals surface area contributed by atoms with Gasteiger partial charge in [0.15, 0.2) is 5.03 Å². The minimum Gasteiger partial charge on any atom is -0.368 e. The molecule has 7 heteroatoms. The van der Waals surface area contributed by atoms with E-state index in [1.54, 1.807) is 6.92 Å². The molecule has 0 bridgehead atoms. The second kappa shape index (κ2) is 6.09. The molecule has 21 heavy (non-hydrogen) atoms. The molecule has 0 radical (unpaired) electrons. The number of thioether (sulfide) groups is 1. The molecule has 0 amide bonds. The van der Waals surface area contributed by atoms with Crippen LogP contribution in [0.3, 0.4) is 0 Å². The molecule has 110 valence electrons. The molecular formula is C14H16N4O2S. The number of anilines is 1. The van der Waals surface area contributed by atoms with Crippen molar-refractivity contribution >= 4 is 23.4 Å². The minimum atomic E-state index is -0.460. The topological polar surface area (TPSA) is 94.9 Å². The number of hydrogen-bond donors (Lipinski definition) is 1. The Kier molecular flexibility index (Phi) is 4.42. The van der Waals surface area contributed by atoms with Crippen LogP contribution in [0, 0.1) is 30.9 Å². The first-order chi connectivity index (χ1) is 9.86. The maximum atomic E-state index is 11.1. The highest BCUT2D eigenvalue weighted by Gasteiger charge is 2.21. The summed E-state index contributed by atoms with van der Waals surface area (Å²) < 4.78 is 0. The van der Waals surface area contributed by atoms with Crippen LogP contribution in [0.2, 0.25) is 0 Å². The fourth-order valence-electron chi connectivity index (χ4n) is 2.18. The van der Waals surface area contributed by atoms with Crippen molar-refractivity contribution < 1.29 is 4.92 Å². The lowest BCUT2D eigenvalue weighted by molar-refractivity contribution is -0.389. The fourth-order valence-corrected chi connectivity index (χ4v) is 3.16. The van der Waals surface area contributed by atoms with E-state index in [2.05, 4.69) is 28.2 Å². The predicted molar refractivity (Wildman–Crippen MR) is 83.3 cm³/mol. The first-order valence-corrected chi connectivity index (χ1v) is 7.34. The molecular weight excluding hydrogens is 288 g/mol. The molecule has 1 aromatic carbocycles. The van der Waals surface area contributed by atoms with Gasteiger partial charge in [-0.1, -0.05) is 41.1 Å². The van der Waals surface area contributed by atoms with Crippen LogP contribution in [0.1, 0.15) is 22.4 Å². The molecule has 0 aliphatic heterocycles. The third-order valence-electron chi connectivity index (χ3n) is 2.88. The van der Waals surface area contributed by atoms with Crippen LogP contribution >= 0.6 is 11.8 Å². The molecule has 2 N–H and O–H groups in total. The van der Waals surface area contributed by atoms with Gasteiger partial charge in [0.25, 0.3) is 0 Å². The van der Waals surface area contributed by atoms with E-state index in [1.165, 1.54) is 22.9 Å². The van der Waals surface area contributed by atoms with Crippen molar-refractivity contribution in [3.8, 4) is 0 Å². The summed E-state index contributed by atoms with van der Waals surface area (Å²) in [5.41, 5.74) is 9.23. The van der Waals surface area contributed by atoms with E-state index in [1.807, 2.05) is 13.8 Å². The minimum absolute atomic E-state index is 0.0565. The predicted octanol–water partition coefficient (Wildman–Crippen LogP) is 3.18. The second-order valence-corrected chi connectivity index (χ2v) is 5.83. The monoisotopic (exact) mass is 304 g/mol. The average molecular weight is 304 g/mol. The first-order valence-electron chi connectivity index (χ1n) is 6.35. The van der Waals surface area contributed by atoms with Gasteiger partial charge in [-0.2, -0.15) is 4.98 Å². The zero-order chi connectivity index (χ0) is 15.6. The summed E-state index contributed by atoms with van der Waals surface area (Å²) in [6, 6.07) is 6.20. The third kappa shape index (κ3) is 3.69. The van der Waals surface area contributed by atoms with Gasteiger partial charge in [0.1, 0.15) is 5.69 Å². The van der Waals surface area contributed by atoms with Gasteiger partial charge in [0.05, 0.1) is 4.92 Å². The van der Waals surface area contributed by atoms with Gasteiger partial charge in [-0.05, 0) is 26.3 Å². The Labute approximate surface area is 127 Å². The van der Waals surface area contributed by atoms with Crippen molar-refractivity contribution in [2.75, 3.05) is 5.73 Å². The molecule has 0 unspecified atom stereocenters. The molecule has 0 aliphatic carbocycles. The van der Waals surface area contributed by atoms with Crippen LogP contribution in [0.15, 0.2) is 23.2 Å². The van der Waals surface area contributed by atoms with Crippen molar-refractivity contribution in [3.63, 3.8) is 0 Å². The molecule has 1 heterocycles. The molecule has 0 aliphatic rings. The molecule has 2 aromatic rings. The summed E-state index contributed by atoms with van der Waals surface area (Å²) in [6.07, 6.45) is 0. The highest BCUT2D eigenvalue weighted by atomic mass is 32.2. The molecule has 0 fully saturated rings. The van der Waals surface area contributed by atoms with E-state index in [9.17, 15) is 10.1 Å². The number of aromatic nitrogens is 2. The van der Waals surface area contributed by atoms with Gasteiger partial charge in [-0.15, -0.1) is 0 Å². The Morgan fingerprint density at radius 1 is 1.19 bits per heavy atom. The summed E-state index contributed by atoms with van der Waals surface area (Å²) in [6.45, 7) is 5.62. The van der Waals surface area contributed by atoms with Gasteiger partial charge in [0, 0.05) is 5.75 Å². The lowest BCUT2D eigenvalue weighted by Gasteiger charge is -2.07. The molecule has 0 atom stereocenters. The summed E-state index contributed by atoms with van der Waals surface area (Å²) in [5.74, 6) is 0.653. The van der Waals surface area contributed by atoms with Crippen LogP contribution in [0.5, 0.6) is 0 Å². The summed E-state index contributed by atoms with van der Waals surface area (Å²) in [7, 11) is 0.